The molecule has 1 aliphatic heterocycles. The fourth-order valence-electron chi connectivity index (χ4n) is 1.79. The molecule has 4 heteroatoms. The number of thioether (sulfide) groups is 1. The Hall–Kier alpha value is -0.220. The molecule has 0 radical (unpaired) electrons. The van der Waals surface area contributed by atoms with Crippen molar-refractivity contribution in [1.82, 2.24) is 5.32 Å². The number of carbonyl (C=O) groups is 1. The van der Waals surface area contributed by atoms with Crippen LogP contribution in [0.1, 0.15) is 19.8 Å². The number of rotatable bonds is 3. The summed E-state index contributed by atoms with van der Waals surface area (Å²) in [7, 11) is 0. The summed E-state index contributed by atoms with van der Waals surface area (Å²) in [5.41, 5.74) is 0. The predicted octanol–water partition coefficient (Wildman–Crippen LogP) is 0.943. The Morgan fingerprint density at radius 2 is 2.23 bits per heavy atom. The van der Waals surface area contributed by atoms with E-state index < -0.39 is 5.97 Å². The van der Waals surface area contributed by atoms with E-state index in [4.69, 9.17) is 5.11 Å². The zero-order valence-electron chi connectivity index (χ0n) is 7.69. The highest BCUT2D eigenvalue weighted by atomic mass is 32.2. The number of nitrogens with one attached hydrogen (secondary N) is 1. The van der Waals surface area contributed by atoms with Crippen molar-refractivity contribution in [3.8, 4) is 0 Å². The summed E-state index contributed by atoms with van der Waals surface area (Å²) in [4.78, 5) is 10.9. The van der Waals surface area contributed by atoms with Gasteiger partial charge < -0.3 is 10.4 Å². The highest BCUT2D eigenvalue weighted by Crippen LogP contribution is 2.34. The summed E-state index contributed by atoms with van der Waals surface area (Å²) in [6.45, 7) is 2.12. The molecule has 0 aromatic heterocycles. The van der Waals surface area contributed by atoms with Gasteiger partial charge in [0, 0.05) is 23.1 Å². The van der Waals surface area contributed by atoms with Gasteiger partial charge in [0.05, 0.1) is 5.92 Å². The van der Waals surface area contributed by atoms with Gasteiger partial charge in [-0.1, -0.05) is 6.92 Å². The standard InChI is InChI=1S/C9H15NO2S/c1-5-8(10-6-2-3-6)7(4-13-5)9(11)12/h5-8,10H,2-4H2,1H3,(H,11,12). The van der Waals surface area contributed by atoms with Crippen LogP contribution >= 0.6 is 11.8 Å². The summed E-state index contributed by atoms with van der Waals surface area (Å²) in [5, 5.41) is 12.9. The average Bonchev–Trinajstić information content (AvgIpc) is 2.78. The van der Waals surface area contributed by atoms with Crippen LogP contribution < -0.4 is 5.32 Å². The zero-order valence-corrected chi connectivity index (χ0v) is 8.51. The molecule has 3 unspecified atom stereocenters. The lowest BCUT2D eigenvalue weighted by atomic mass is 10.00. The van der Waals surface area contributed by atoms with Crippen molar-refractivity contribution in [3.63, 3.8) is 0 Å². The van der Waals surface area contributed by atoms with E-state index >= 15 is 0 Å². The molecule has 3 atom stereocenters. The van der Waals surface area contributed by atoms with E-state index in [1.165, 1.54) is 12.8 Å². The number of carboxylic acids is 1. The summed E-state index contributed by atoms with van der Waals surface area (Å²) in [6.07, 6.45) is 2.44. The van der Waals surface area contributed by atoms with Crippen molar-refractivity contribution in [1.29, 1.82) is 0 Å². The van der Waals surface area contributed by atoms with Crippen LogP contribution in [0.2, 0.25) is 0 Å². The largest absolute Gasteiger partial charge is 0.481 e. The maximum Gasteiger partial charge on any atom is 0.308 e. The van der Waals surface area contributed by atoms with E-state index in [0.717, 1.165) is 5.75 Å². The van der Waals surface area contributed by atoms with E-state index in [9.17, 15) is 4.79 Å². The fraction of sp³-hybridized carbons (Fsp3) is 0.889. The average molecular weight is 201 g/mol. The zero-order chi connectivity index (χ0) is 9.42. The lowest BCUT2D eigenvalue weighted by Crippen LogP contribution is -2.43. The molecule has 3 nitrogen and oxygen atoms in total. The van der Waals surface area contributed by atoms with Gasteiger partial charge >= 0.3 is 5.97 Å². The Balaban J connectivity index is 1.97. The van der Waals surface area contributed by atoms with Crippen molar-refractivity contribution in [2.75, 3.05) is 5.75 Å². The van der Waals surface area contributed by atoms with E-state index in [-0.39, 0.29) is 12.0 Å². The lowest BCUT2D eigenvalue weighted by molar-refractivity contribution is -0.141. The normalized spacial score (nSPS) is 39.3. The molecule has 1 aliphatic carbocycles. The maximum atomic E-state index is 10.9. The smallest absolute Gasteiger partial charge is 0.308 e. The molecule has 1 heterocycles. The number of aliphatic carboxylic acids is 1. The molecule has 2 rings (SSSR count). The third-order valence-corrected chi connectivity index (χ3v) is 4.17. The highest BCUT2D eigenvalue weighted by molar-refractivity contribution is 8.00. The molecule has 0 bridgehead atoms. The second-order valence-electron chi connectivity index (χ2n) is 3.95. The monoisotopic (exact) mass is 201 g/mol. The van der Waals surface area contributed by atoms with Crippen LogP contribution in [0.3, 0.4) is 0 Å². The molecule has 1 saturated heterocycles. The van der Waals surface area contributed by atoms with Gasteiger partial charge in [0.15, 0.2) is 0 Å². The van der Waals surface area contributed by atoms with Gasteiger partial charge in [-0.15, -0.1) is 0 Å². The van der Waals surface area contributed by atoms with Crippen LogP contribution in [-0.2, 0) is 4.79 Å². The molecule has 0 aromatic carbocycles. The molecule has 0 spiro atoms. The third kappa shape index (κ3) is 1.99. The number of carboxylic acid groups (broad SMARTS) is 1. The molecular weight excluding hydrogens is 186 g/mol. The molecule has 2 aliphatic rings. The van der Waals surface area contributed by atoms with Crippen molar-refractivity contribution >= 4 is 17.7 Å². The van der Waals surface area contributed by atoms with Crippen molar-refractivity contribution in [3.05, 3.63) is 0 Å². The van der Waals surface area contributed by atoms with Crippen LogP contribution in [0.25, 0.3) is 0 Å². The molecular formula is C9H15NO2S. The molecule has 2 N–H and O–H groups in total. The van der Waals surface area contributed by atoms with Gasteiger partial charge in [-0.05, 0) is 12.8 Å². The van der Waals surface area contributed by atoms with Gasteiger partial charge in [0.2, 0.25) is 0 Å². The first-order valence-electron chi connectivity index (χ1n) is 4.79. The van der Waals surface area contributed by atoms with Gasteiger partial charge in [-0.25, -0.2) is 0 Å². The quantitative estimate of drug-likeness (QED) is 0.713. The van der Waals surface area contributed by atoms with Gasteiger partial charge in [0.1, 0.15) is 0 Å². The minimum absolute atomic E-state index is 0.180. The number of hydrogen-bond acceptors (Lipinski definition) is 3. The van der Waals surface area contributed by atoms with Crippen molar-refractivity contribution in [2.45, 2.75) is 37.1 Å². The Labute approximate surface area is 82.3 Å². The van der Waals surface area contributed by atoms with E-state index in [0.29, 0.717) is 11.3 Å². The van der Waals surface area contributed by atoms with Crippen LogP contribution in [0.4, 0.5) is 0 Å². The summed E-state index contributed by atoms with van der Waals surface area (Å²) >= 11 is 1.77. The van der Waals surface area contributed by atoms with Crippen LogP contribution in [-0.4, -0.2) is 34.2 Å². The first-order valence-corrected chi connectivity index (χ1v) is 5.84. The second-order valence-corrected chi connectivity index (χ2v) is 5.36. The van der Waals surface area contributed by atoms with E-state index in [1.807, 2.05) is 0 Å². The molecule has 13 heavy (non-hydrogen) atoms. The molecule has 0 aromatic rings. The van der Waals surface area contributed by atoms with E-state index in [2.05, 4.69) is 12.2 Å². The Morgan fingerprint density at radius 1 is 1.54 bits per heavy atom. The van der Waals surface area contributed by atoms with Crippen molar-refractivity contribution in [2.24, 2.45) is 5.92 Å². The van der Waals surface area contributed by atoms with Gasteiger partial charge in [-0.2, -0.15) is 11.8 Å². The minimum Gasteiger partial charge on any atom is -0.481 e. The Morgan fingerprint density at radius 3 is 2.77 bits per heavy atom. The van der Waals surface area contributed by atoms with Gasteiger partial charge in [-0.3, -0.25) is 4.79 Å². The Bertz CT molecular complexity index is 218. The number of hydrogen-bond donors (Lipinski definition) is 2. The molecule has 1 saturated carbocycles. The van der Waals surface area contributed by atoms with E-state index in [1.54, 1.807) is 11.8 Å². The third-order valence-electron chi connectivity index (χ3n) is 2.80. The van der Waals surface area contributed by atoms with Crippen molar-refractivity contribution < 1.29 is 9.90 Å². The Kier molecular flexibility index (Phi) is 2.51. The first kappa shape index (κ1) is 9.34. The molecule has 74 valence electrons. The summed E-state index contributed by atoms with van der Waals surface area (Å²) in [6, 6.07) is 0.794. The lowest BCUT2D eigenvalue weighted by Gasteiger charge is -2.20. The van der Waals surface area contributed by atoms with Crippen LogP contribution in [0, 0.1) is 5.92 Å². The molecule has 0 amide bonds. The summed E-state index contributed by atoms with van der Waals surface area (Å²) < 4.78 is 0. The first-order chi connectivity index (χ1) is 6.18. The second kappa shape index (κ2) is 3.50. The highest BCUT2D eigenvalue weighted by Gasteiger charge is 2.41. The SMILES string of the molecule is CC1SCC(C(=O)O)C1NC1CC1. The summed E-state index contributed by atoms with van der Waals surface area (Å²) in [5.74, 6) is -0.0587. The minimum atomic E-state index is -0.644. The predicted molar refractivity (Wildman–Crippen MR) is 53.0 cm³/mol. The fourth-order valence-corrected chi connectivity index (χ4v) is 3.13. The van der Waals surface area contributed by atoms with Crippen LogP contribution in [0.5, 0.6) is 0 Å². The van der Waals surface area contributed by atoms with Crippen LogP contribution in [0.15, 0.2) is 0 Å². The topological polar surface area (TPSA) is 49.3 Å². The maximum absolute atomic E-state index is 10.9. The molecule has 2 fully saturated rings. The van der Waals surface area contributed by atoms with Gasteiger partial charge in [0.25, 0.3) is 0 Å².